The van der Waals surface area contributed by atoms with E-state index < -0.39 is 28.3 Å². The molecule has 3 aromatic rings. The van der Waals surface area contributed by atoms with Gasteiger partial charge >= 0.3 is 0 Å². The average molecular weight is 485 g/mol. The number of nitrogens with zero attached hydrogens (tertiary/aromatic N) is 1. The minimum atomic E-state index is -4.13. The number of ether oxygens (including phenoxy) is 1. The number of hydrogen-bond donors (Lipinski definition) is 1. The van der Waals surface area contributed by atoms with E-state index in [1.165, 1.54) is 24.3 Å². The normalized spacial score (nSPS) is 11.4. The number of para-hydroxylation sites is 1. The predicted molar refractivity (Wildman–Crippen MR) is 132 cm³/mol. The van der Waals surface area contributed by atoms with Gasteiger partial charge in [-0.3, -0.25) is 9.10 Å². The maximum absolute atomic E-state index is 13.5. The van der Waals surface area contributed by atoms with Crippen LogP contribution in [0.5, 0.6) is 5.75 Å². The van der Waals surface area contributed by atoms with Crippen LogP contribution in [0.15, 0.2) is 71.6 Å². The fourth-order valence-corrected chi connectivity index (χ4v) is 5.00. The van der Waals surface area contributed by atoms with Crippen LogP contribution >= 0.6 is 0 Å². The smallest absolute Gasteiger partial charge is 0.264 e. The van der Waals surface area contributed by atoms with E-state index >= 15 is 0 Å². The third-order valence-corrected chi connectivity index (χ3v) is 7.10. The summed E-state index contributed by atoms with van der Waals surface area (Å²) < 4.78 is 47.0. The molecule has 0 aromatic heterocycles. The quantitative estimate of drug-likeness (QED) is 0.436. The van der Waals surface area contributed by atoms with Gasteiger partial charge in [0.2, 0.25) is 5.91 Å². The molecule has 1 N–H and O–H groups in total. The minimum absolute atomic E-state index is 0.00756. The summed E-state index contributed by atoms with van der Waals surface area (Å²) in [6.07, 6.45) is 0. The molecular formula is C26H29FN2O4S. The van der Waals surface area contributed by atoms with Crippen LogP contribution in [0.1, 0.15) is 37.8 Å². The maximum atomic E-state index is 13.5. The lowest BCUT2D eigenvalue weighted by molar-refractivity contribution is -0.114. The number of carbonyl (C=O) groups excluding carboxylic acids is 1. The van der Waals surface area contributed by atoms with Gasteiger partial charge < -0.3 is 10.1 Å². The average Bonchev–Trinajstić information content (AvgIpc) is 2.80. The molecule has 8 heteroatoms. The Labute approximate surface area is 200 Å². The Morgan fingerprint density at radius 2 is 1.68 bits per heavy atom. The second-order valence-electron chi connectivity index (χ2n) is 8.13. The molecule has 180 valence electrons. The first-order valence-corrected chi connectivity index (χ1v) is 12.5. The first kappa shape index (κ1) is 25.2. The summed E-state index contributed by atoms with van der Waals surface area (Å²) in [5.74, 6) is -0.313. The number of amides is 1. The number of aryl methyl sites for hydroxylation is 1. The van der Waals surface area contributed by atoms with Crippen molar-refractivity contribution in [2.24, 2.45) is 0 Å². The maximum Gasteiger partial charge on any atom is 0.264 e. The molecule has 6 nitrogen and oxygen atoms in total. The summed E-state index contributed by atoms with van der Waals surface area (Å²) in [6.45, 7) is 7.73. The Bertz CT molecular complexity index is 1240. The third-order valence-electron chi connectivity index (χ3n) is 5.32. The van der Waals surface area contributed by atoms with Crippen molar-refractivity contribution in [3.8, 4) is 5.75 Å². The van der Waals surface area contributed by atoms with Crippen LogP contribution < -0.4 is 14.4 Å². The van der Waals surface area contributed by atoms with Crippen LogP contribution in [0, 0.1) is 12.7 Å². The lowest BCUT2D eigenvalue weighted by Gasteiger charge is -2.25. The van der Waals surface area contributed by atoms with Crippen LogP contribution in [0.25, 0.3) is 0 Å². The molecule has 0 saturated carbocycles. The van der Waals surface area contributed by atoms with Crippen LogP contribution in [0.3, 0.4) is 0 Å². The molecule has 0 spiro atoms. The Balaban J connectivity index is 1.96. The number of nitrogens with one attached hydrogen (secondary N) is 1. The highest BCUT2D eigenvalue weighted by atomic mass is 32.2. The van der Waals surface area contributed by atoms with Gasteiger partial charge in [0.25, 0.3) is 10.0 Å². The zero-order valence-electron chi connectivity index (χ0n) is 19.7. The van der Waals surface area contributed by atoms with E-state index in [-0.39, 0.29) is 16.5 Å². The highest BCUT2D eigenvalue weighted by Gasteiger charge is 2.28. The van der Waals surface area contributed by atoms with Crippen molar-refractivity contribution < 1.29 is 22.3 Å². The van der Waals surface area contributed by atoms with E-state index in [0.717, 1.165) is 27.6 Å². The van der Waals surface area contributed by atoms with Gasteiger partial charge in [-0.25, -0.2) is 12.8 Å². The Morgan fingerprint density at radius 1 is 1.03 bits per heavy atom. The van der Waals surface area contributed by atoms with Gasteiger partial charge in [0.1, 0.15) is 18.1 Å². The fourth-order valence-electron chi connectivity index (χ4n) is 3.58. The second kappa shape index (κ2) is 10.7. The Kier molecular flexibility index (Phi) is 7.94. The predicted octanol–water partition coefficient (Wildman–Crippen LogP) is 5.49. The molecular weight excluding hydrogens is 455 g/mol. The zero-order valence-corrected chi connectivity index (χ0v) is 20.5. The van der Waals surface area contributed by atoms with Gasteiger partial charge in [-0.1, -0.05) is 32.0 Å². The molecule has 3 rings (SSSR count). The van der Waals surface area contributed by atoms with E-state index in [0.29, 0.717) is 18.0 Å². The lowest BCUT2D eigenvalue weighted by Crippen LogP contribution is -2.38. The molecule has 1 amide bonds. The van der Waals surface area contributed by atoms with Crippen molar-refractivity contribution in [3.63, 3.8) is 0 Å². The number of benzene rings is 3. The molecule has 0 saturated heterocycles. The molecule has 0 aliphatic carbocycles. The molecule has 0 atom stereocenters. The topological polar surface area (TPSA) is 75.7 Å². The van der Waals surface area contributed by atoms with Gasteiger partial charge in [-0.05, 0) is 79.4 Å². The molecule has 0 bridgehead atoms. The minimum Gasteiger partial charge on any atom is -0.494 e. The number of hydrogen-bond acceptors (Lipinski definition) is 4. The molecule has 0 fully saturated rings. The number of carbonyl (C=O) groups is 1. The van der Waals surface area contributed by atoms with Crippen molar-refractivity contribution in [2.45, 2.75) is 38.5 Å². The largest absolute Gasteiger partial charge is 0.494 e. The van der Waals surface area contributed by atoms with Crippen molar-refractivity contribution >= 4 is 27.3 Å². The van der Waals surface area contributed by atoms with E-state index in [9.17, 15) is 17.6 Å². The van der Waals surface area contributed by atoms with Crippen molar-refractivity contribution in [3.05, 3.63) is 83.7 Å². The molecule has 0 heterocycles. The number of sulfonamides is 1. The molecule has 3 aromatic carbocycles. The highest BCUT2D eigenvalue weighted by molar-refractivity contribution is 7.92. The summed E-state index contributed by atoms with van der Waals surface area (Å²) in [6, 6.07) is 16.7. The number of anilines is 2. The van der Waals surface area contributed by atoms with Gasteiger partial charge in [0.15, 0.2) is 0 Å². The first-order chi connectivity index (χ1) is 16.1. The SMILES string of the molecule is CCOc1ccc(S(=O)(=O)N(CC(=O)Nc2c(C)cccc2C(C)C)c2ccc(F)cc2)cc1. The molecule has 0 aliphatic rings. The summed E-state index contributed by atoms with van der Waals surface area (Å²) in [5.41, 5.74) is 2.68. The van der Waals surface area contributed by atoms with Gasteiger partial charge in [0.05, 0.1) is 17.2 Å². The lowest BCUT2D eigenvalue weighted by atomic mass is 9.98. The second-order valence-corrected chi connectivity index (χ2v) is 10.00. The zero-order chi connectivity index (χ0) is 24.9. The van der Waals surface area contributed by atoms with Gasteiger partial charge in [-0.2, -0.15) is 0 Å². The Hall–Kier alpha value is -3.39. The molecule has 0 unspecified atom stereocenters. The molecule has 0 radical (unpaired) electrons. The molecule has 34 heavy (non-hydrogen) atoms. The van der Waals surface area contributed by atoms with E-state index in [1.807, 2.05) is 45.9 Å². The van der Waals surface area contributed by atoms with Crippen LogP contribution in [0.2, 0.25) is 0 Å². The number of halogens is 1. The van der Waals surface area contributed by atoms with Crippen LogP contribution in [-0.2, 0) is 14.8 Å². The van der Waals surface area contributed by atoms with E-state index in [4.69, 9.17) is 4.74 Å². The fraction of sp³-hybridized carbons (Fsp3) is 0.269. The van der Waals surface area contributed by atoms with Crippen LogP contribution in [-0.4, -0.2) is 27.5 Å². The van der Waals surface area contributed by atoms with E-state index in [1.54, 1.807) is 12.1 Å². The summed E-state index contributed by atoms with van der Waals surface area (Å²) in [7, 11) is -4.13. The van der Waals surface area contributed by atoms with Gasteiger partial charge in [0, 0.05) is 5.69 Å². The first-order valence-electron chi connectivity index (χ1n) is 11.0. The van der Waals surface area contributed by atoms with E-state index in [2.05, 4.69) is 5.32 Å². The van der Waals surface area contributed by atoms with Crippen molar-refractivity contribution in [2.75, 3.05) is 22.8 Å². The Morgan fingerprint density at radius 3 is 2.26 bits per heavy atom. The number of rotatable bonds is 9. The highest BCUT2D eigenvalue weighted by Crippen LogP contribution is 2.29. The van der Waals surface area contributed by atoms with Crippen LogP contribution in [0.4, 0.5) is 15.8 Å². The monoisotopic (exact) mass is 484 g/mol. The molecule has 0 aliphatic heterocycles. The van der Waals surface area contributed by atoms with Crippen molar-refractivity contribution in [1.82, 2.24) is 0 Å². The standard InChI is InChI=1S/C26H29FN2O4S/c1-5-33-22-13-15-23(16-14-22)34(31,32)29(21-11-9-20(27)10-12-21)17-25(30)28-26-19(4)7-6-8-24(26)18(2)3/h6-16,18H,5,17H2,1-4H3,(H,28,30). The van der Waals surface area contributed by atoms with Crippen molar-refractivity contribution in [1.29, 1.82) is 0 Å². The summed E-state index contributed by atoms with van der Waals surface area (Å²) in [4.78, 5) is 13.1. The third kappa shape index (κ3) is 5.75. The van der Waals surface area contributed by atoms with Gasteiger partial charge in [-0.15, -0.1) is 0 Å². The summed E-state index contributed by atoms with van der Waals surface area (Å²) >= 11 is 0. The summed E-state index contributed by atoms with van der Waals surface area (Å²) in [5, 5.41) is 2.88.